The number of benzene rings is 2. The van der Waals surface area contributed by atoms with Gasteiger partial charge in [0.25, 0.3) is 5.91 Å². The molecule has 2 aliphatic rings. The molecule has 2 aliphatic heterocycles. The Labute approximate surface area is 187 Å². The monoisotopic (exact) mass is 437 g/mol. The van der Waals surface area contributed by atoms with Crippen molar-refractivity contribution in [3.8, 4) is 0 Å². The minimum Gasteiger partial charge on any atom is -0.351 e. The van der Waals surface area contributed by atoms with E-state index in [4.69, 9.17) is 0 Å². The average molecular weight is 438 g/mol. The van der Waals surface area contributed by atoms with E-state index in [1.165, 1.54) is 6.07 Å². The van der Waals surface area contributed by atoms with Gasteiger partial charge in [-0.15, -0.1) is 0 Å². The first-order valence-electron chi connectivity index (χ1n) is 10.8. The number of nitrogens with zero attached hydrogens (tertiary/aromatic N) is 1. The van der Waals surface area contributed by atoms with E-state index in [1.807, 2.05) is 32.9 Å². The molecule has 168 valence electrons. The van der Waals surface area contributed by atoms with E-state index in [0.29, 0.717) is 17.5 Å². The molecule has 0 saturated carbocycles. The van der Waals surface area contributed by atoms with Crippen LogP contribution in [0.1, 0.15) is 42.3 Å². The third kappa shape index (κ3) is 4.24. The Kier molecular flexibility index (Phi) is 5.53. The van der Waals surface area contributed by atoms with Gasteiger partial charge in [-0.05, 0) is 50.5 Å². The van der Waals surface area contributed by atoms with E-state index in [2.05, 4.69) is 10.6 Å². The van der Waals surface area contributed by atoms with Crippen LogP contribution in [0.4, 0.5) is 4.39 Å². The molecule has 1 saturated heterocycles. The molecule has 0 unspecified atom stereocenters. The van der Waals surface area contributed by atoms with Crippen molar-refractivity contribution in [3.63, 3.8) is 0 Å². The molecule has 2 atom stereocenters. The molecule has 3 amide bonds. The van der Waals surface area contributed by atoms with E-state index in [0.717, 1.165) is 5.56 Å². The number of likely N-dealkylation sites (tertiary alicyclic amines) is 1. The fraction of sp³-hybridized carbons (Fsp3) is 0.400. The van der Waals surface area contributed by atoms with Crippen LogP contribution in [0, 0.1) is 11.7 Å². The number of hydrogen-bond donors (Lipinski definition) is 2. The summed E-state index contributed by atoms with van der Waals surface area (Å²) in [7, 11) is 0. The summed E-state index contributed by atoms with van der Waals surface area (Å²) in [6, 6.07) is 13.5. The van der Waals surface area contributed by atoms with Crippen LogP contribution in [0.15, 0.2) is 48.5 Å². The molecule has 0 aliphatic carbocycles. The van der Waals surface area contributed by atoms with Crippen LogP contribution in [-0.2, 0) is 22.4 Å². The Hall–Kier alpha value is -3.22. The number of carbonyl (C=O) groups is 3. The van der Waals surface area contributed by atoms with Crippen LogP contribution in [0.5, 0.6) is 0 Å². The summed E-state index contributed by atoms with van der Waals surface area (Å²) in [6.07, 6.45) is 0.349. The maximum Gasteiger partial charge on any atom is 0.252 e. The molecule has 32 heavy (non-hydrogen) atoms. The topological polar surface area (TPSA) is 78.5 Å². The first kappa shape index (κ1) is 22.0. The summed E-state index contributed by atoms with van der Waals surface area (Å²) in [5, 5.41) is 6.06. The Morgan fingerprint density at radius 3 is 2.56 bits per heavy atom. The van der Waals surface area contributed by atoms with Gasteiger partial charge >= 0.3 is 0 Å². The summed E-state index contributed by atoms with van der Waals surface area (Å²) in [4.78, 5) is 40.9. The van der Waals surface area contributed by atoms with Crippen LogP contribution in [0.3, 0.4) is 0 Å². The van der Waals surface area contributed by atoms with Crippen LogP contribution in [0.25, 0.3) is 0 Å². The highest BCUT2D eigenvalue weighted by Gasteiger charge is 2.54. The maximum absolute atomic E-state index is 14.1. The molecular formula is C25H28FN3O3. The van der Waals surface area contributed by atoms with Crippen molar-refractivity contribution in [1.82, 2.24) is 15.5 Å². The lowest BCUT2D eigenvalue weighted by Crippen LogP contribution is -2.62. The second kappa shape index (κ2) is 8.04. The maximum atomic E-state index is 14.1. The Balaban J connectivity index is 1.64. The van der Waals surface area contributed by atoms with E-state index >= 15 is 0 Å². The van der Waals surface area contributed by atoms with Gasteiger partial charge in [0.1, 0.15) is 5.82 Å². The minimum absolute atomic E-state index is 0.0963. The number of carbonyl (C=O) groups excluding carboxylic acids is 3. The molecule has 0 aromatic heterocycles. The molecule has 2 N–H and O–H groups in total. The van der Waals surface area contributed by atoms with Gasteiger partial charge in [0.15, 0.2) is 0 Å². The van der Waals surface area contributed by atoms with Gasteiger partial charge in [-0.25, -0.2) is 4.39 Å². The first-order chi connectivity index (χ1) is 15.1. The lowest BCUT2D eigenvalue weighted by Gasteiger charge is -2.39. The van der Waals surface area contributed by atoms with E-state index < -0.39 is 22.8 Å². The van der Waals surface area contributed by atoms with Crippen molar-refractivity contribution in [2.75, 3.05) is 13.1 Å². The highest BCUT2D eigenvalue weighted by Crippen LogP contribution is 2.36. The van der Waals surface area contributed by atoms with Crippen LogP contribution in [0.2, 0.25) is 0 Å². The minimum atomic E-state index is -0.911. The summed E-state index contributed by atoms with van der Waals surface area (Å²) in [6.45, 7) is 6.04. The molecule has 2 aromatic rings. The highest BCUT2D eigenvalue weighted by atomic mass is 19.1. The van der Waals surface area contributed by atoms with Gasteiger partial charge < -0.3 is 15.5 Å². The second-order valence-corrected chi connectivity index (χ2v) is 9.78. The SMILES string of the molecule is CC(C)(C)NC(=O)[C@@H]1CN(C(=O)Cc2ccccc2F)C[C@]12Cc1ccccc1C(=O)N2. The average Bonchev–Trinajstić information content (AvgIpc) is 3.07. The van der Waals surface area contributed by atoms with E-state index in [1.54, 1.807) is 35.2 Å². The Morgan fingerprint density at radius 2 is 1.84 bits per heavy atom. The smallest absolute Gasteiger partial charge is 0.252 e. The molecular weight excluding hydrogens is 409 g/mol. The largest absolute Gasteiger partial charge is 0.351 e. The van der Waals surface area contributed by atoms with Crippen LogP contribution in [-0.4, -0.2) is 46.8 Å². The first-order valence-corrected chi connectivity index (χ1v) is 10.8. The predicted molar refractivity (Wildman–Crippen MR) is 118 cm³/mol. The number of fused-ring (bicyclic) bond motifs is 1. The summed E-state index contributed by atoms with van der Waals surface area (Å²) >= 11 is 0. The molecule has 0 bridgehead atoms. The molecule has 0 radical (unpaired) electrons. The van der Waals surface area contributed by atoms with E-state index in [9.17, 15) is 18.8 Å². The number of amides is 3. The molecule has 7 heteroatoms. The molecule has 2 aromatic carbocycles. The lowest BCUT2D eigenvalue weighted by atomic mass is 9.76. The van der Waals surface area contributed by atoms with Gasteiger partial charge in [0.2, 0.25) is 11.8 Å². The molecule has 2 heterocycles. The summed E-state index contributed by atoms with van der Waals surface area (Å²) in [5.41, 5.74) is 0.384. The quantitative estimate of drug-likeness (QED) is 0.774. The van der Waals surface area contributed by atoms with Gasteiger partial charge in [-0.1, -0.05) is 36.4 Å². The summed E-state index contributed by atoms with van der Waals surface area (Å²) in [5.74, 6) is -1.78. The van der Waals surface area contributed by atoms with Gasteiger partial charge in [0.05, 0.1) is 17.9 Å². The zero-order valence-electron chi connectivity index (χ0n) is 18.6. The van der Waals surface area contributed by atoms with Crippen molar-refractivity contribution >= 4 is 17.7 Å². The molecule has 1 fully saturated rings. The zero-order chi connectivity index (χ0) is 23.1. The van der Waals surface area contributed by atoms with Gasteiger partial charge in [-0.2, -0.15) is 0 Å². The fourth-order valence-corrected chi connectivity index (χ4v) is 4.69. The highest BCUT2D eigenvalue weighted by molar-refractivity contribution is 5.98. The van der Waals surface area contributed by atoms with Gasteiger partial charge in [-0.3, -0.25) is 14.4 Å². The predicted octanol–water partition coefficient (Wildman–Crippen LogP) is 2.47. The van der Waals surface area contributed by atoms with Gasteiger partial charge in [0, 0.05) is 24.2 Å². The third-order valence-electron chi connectivity index (χ3n) is 6.14. The number of rotatable bonds is 3. The number of hydrogen-bond acceptors (Lipinski definition) is 3. The molecule has 1 spiro atoms. The lowest BCUT2D eigenvalue weighted by molar-refractivity contribution is -0.130. The van der Waals surface area contributed by atoms with Crippen molar-refractivity contribution in [2.24, 2.45) is 5.92 Å². The molecule has 4 rings (SSSR count). The third-order valence-corrected chi connectivity index (χ3v) is 6.14. The fourth-order valence-electron chi connectivity index (χ4n) is 4.69. The Morgan fingerprint density at radius 1 is 1.16 bits per heavy atom. The standard InChI is InChI=1S/C25H28FN3O3/c1-24(2,3)27-23(32)19-14-29(21(30)12-16-8-5-7-11-20(16)26)15-25(19)13-17-9-4-6-10-18(17)22(31)28-25/h4-11,19H,12-15H2,1-3H3,(H,27,32)(H,28,31)/t19-,25+/m0/s1. The van der Waals surface area contributed by atoms with Crippen molar-refractivity contribution in [1.29, 1.82) is 0 Å². The second-order valence-electron chi connectivity index (χ2n) is 9.78. The number of halogens is 1. The van der Waals surface area contributed by atoms with Crippen molar-refractivity contribution in [3.05, 3.63) is 71.0 Å². The Bertz CT molecular complexity index is 1080. The number of nitrogens with one attached hydrogen (secondary N) is 2. The van der Waals surface area contributed by atoms with Crippen molar-refractivity contribution in [2.45, 2.75) is 44.7 Å². The van der Waals surface area contributed by atoms with Crippen LogP contribution < -0.4 is 10.6 Å². The zero-order valence-corrected chi connectivity index (χ0v) is 18.6. The van der Waals surface area contributed by atoms with E-state index in [-0.39, 0.29) is 37.2 Å². The molecule has 6 nitrogen and oxygen atoms in total. The normalized spacial score (nSPS) is 22.4. The van der Waals surface area contributed by atoms with Crippen molar-refractivity contribution < 1.29 is 18.8 Å². The van der Waals surface area contributed by atoms with Crippen LogP contribution >= 0.6 is 0 Å². The summed E-state index contributed by atoms with van der Waals surface area (Å²) < 4.78 is 14.1.